The quantitative estimate of drug-likeness (QED) is 0.791. The molecule has 0 atom stereocenters. The minimum absolute atomic E-state index is 0.275. The fraction of sp³-hybridized carbons (Fsp3) is 0.467. The van der Waals surface area contributed by atoms with Crippen molar-refractivity contribution in [1.29, 1.82) is 0 Å². The van der Waals surface area contributed by atoms with Gasteiger partial charge in [-0.2, -0.15) is 13.2 Å². The molecule has 0 amide bonds. The monoisotopic (exact) mass is 300 g/mol. The Morgan fingerprint density at radius 2 is 2.05 bits per heavy atom. The smallest absolute Gasteiger partial charge is 0.401 e. The van der Waals surface area contributed by atoms with Gasteiger partial charge in [-0.25, -0.2) is 0 Å². The maximum absolute atomic E-state index is 12.0. The number of nitrogens with zero attached hydrogens (tertiary/aromatic N) is 1. The topological polar surface area (TPSA) is 26.2 Å². The second-order valence-corrected chi connectivity index (χ2v) is 4.87. The number of rotatable bonds is 7. The first kappa shape index (κ1) is 15.7. The highest BCUT2D eigenvalue weighted by atomic mass is 19.4. The highest BCUT2D eigenvalue weighted by Gasteiger charge is 2.25. The normalized spacial score (nSPS) is 12.0. The molecule has 0 bridgehead atoms. The third-order valence-corrected chi connectivity index (χ3v) is 3.07. The van der Waals surface area contributed by atoms with Crippen LogP contribution in [0, 0.1) is 0 Å². The molecular formula is C15H19F3N2O. The van der Waals surface area contributed by atoms with Crippen LogP contribution in [0.3, 0.4) is 0 Å². The largest absolute Gasteiger partial charge is 0.494 e. The molecule has 0 aliphatic heterocycles. The summed E-state index contributed by atoms with van der Waals surface area (Å²) in [5.74, 6) is 0.817. The number of hydrogen-bond acceptors (Lipinski definition) is 2. The lowest BCUT2D eigenvalue weighted by Gasteiger charge is -2.10. The van der Waals surface area contributed by atoms with Gasteiger partial charge in [0.05, 0.1) is 13.2 Å². The van der Waals surface area contributed by atoms with Gasteiger partial charge in [0.25, 0.3) is 0 Å². The molecule has 0 spiro atoms. The van der Waals surface area contributed by atoms with Crippen molar-refractivity contribution in [3.63, 3.8) is 0 Å². The molecule has 2 aromatic rings. The van der Waals surface area contributed by atoms with E-state index in [9.17, 15) is 13.2 Å². The summed E-state index contributed by atoms with van der Waals surface area (Å²) < 4.78 is 43.6. The van der Waals surface area contributed by atoms with Crippen molar-refractivity contribution in [3.8, 4) is 5.75 Å². The second kappa shape index (κ2) is 6.85. The van der Waals surface area contributed by atoms with E-state index in [1.54, 1.807) is 0 Å². The molecule has 0 aliphatic carbocycles. The summed E-state index contributed by atoms with van der Waals surface area (Å²) in [6.07, 6.45) is -1.34. The maximum Gasteiger partial charge on any atom is 0.401 e. The number of aromatic nitrogens is 1. The number of fused-ring (bicyclic) bond motifs is 1. The van der Waals surface area contributed by atoms with E-state index in [-0.39, 0.29) is 6.54 Å². The number of nitrogens with one attached hydrogen (secondary N) is 1. The highest BCUT2D eigenvalue weighted by Crippen LogP contribution is 2.22. The van der Waals surface area contributed by atoms with Crippen LogP contribution < -0.4 is 10.1 Å². The summed E-state index contributed by atoms with van der Waals surface area (Å²) >= 11 is 0. The molecule has 0 saturated heterocycles. The zero-order chi connectivity index (χ0) is 15.3. The fourth-order valence-electron chi connectivity index (χ4n) is 2.11. The van der Waals surface area contributed by atoms with Crippen molar-refractivity contribution >= 4 is 10.9 Å². The lowest BCUT2D eigenvalue weighted by molar-refractivity contribution is -0.124. The van der Waals surface area contributed by atoms with E-state index >= 15 is 0 Å². The molecule has 3 nitrogen and oxygen atoms in total. The number of alkyl halides is 3. The molecule has 2 rings (SSSR count). The van der Waals surface area contributed by atoms with Crippen LogP contribution in [0.2, 0.25) is 0 Å². The molecule has 116 valence electrons. The van der Waals surface area contributed by atoms with Crippen molar-refractivity contribution in [3.05, 3.63) is 30.5 Å². The fourth-order valence-corrected chi connectivity index (χ4v) is 2.11. The summed E-state index contributed by atoms with van der Waals surface area (Å²) in [4.78, 5) is 0. The minimum atomic E-state index is -4.16. The zero-order valence-corrected chi connectivity index (χ0v) is 11.9. The van der Waals surface area contributed by atoms with E-state index in [0.717, 1.165) is 23.1 Å². The van der Waals surface area contributed by atoms with Crippen molar-refractivity contribution in [2.75, 3.05) is 19.7 Å². The summed E-state index contributed by atoms with van der Waals surface area (Å²) in [6, 6.07) is 7.71. The van der Waals surface area contributed by atoms with E-state index < -0.39 is 12.7 Å². The number of hydrogen-bond donors (Lipinski definition) is 1. The van der Waals surface area contributed by atoms with Crippen LogP contribution in [-0.2, 0) is 6.54 Å². The van der Waals surface area contributed by atoms with Crippen molar-refractivity contribution in [2.24, 2.45) is 0 Å². The molecule has 0 radical (unpaired) electrons. The van der Waals surface area contributed by atoms with Crippen LogP contribution in [0.4, 0.5) is 13.2 Å². The van der Waals surface area contributed by atoms with E-state index in [4.69, 9.17) is 4.74 Å². The Bertz CT molecular complexity index is 578. The van der Waals surface area contributed by atoms with Gasteiger partial charge in [-0.3, -0.25) is 0 Å². The highest BCUT2D eigenvalue weighted by molar-refractivity contribution is 5.81. The van der Waals surface area contributed by atoms with E-state index in [2.05, 4.69) is 5.32 Å². The second-order valence-electron chi connectivity index (χ2n) is 4.87. The van der Waals surface area contributed by atoms with Crippen LogP contribution in [-0.4, -0.2) is 30.4 Å². The Morgan fingerprint density at radius 1 is 1.24 bits per heavy atom. The van der Waals surface area contributed by atoms with E-state index in [1.165, 1.54) is 0 Å². The van der Waals surface area contributed by atoms with Crippen molar-refractivity contribution in [2.45, 2.75) is 26.1 Å². The summed E-state index contributed by atoms with van der Waals surface area (Å²) in [5, 5.41) is 3.42. The first-order valence-corrected chi connectivity index (χ1v) is 6.99. The molecular weight excluding hydrogens is 281 g/mol. The Hall–Kier alpha value is -1.69. The van der Waals surface area contributed by atoms with Gasteiger partial charge in [0.2, 0.25) is 0 Å². The number of ether oxygens (including phenoxy) is 1. The average Bonchev–Trinajstić information content (AvgIpc) is 2.83. The van der Waals surface area contributed by atoms with E-state index in [1.807, 2.05) is 42.0 Å². The molecule has 0 aliphatic rings. The molecule has 0 fully saturated rings. The molecule has 6 heteroatoms. The van der Waals surface area contributed by atoms with Gasteiger partial charge in [0.15, 0.2) is 0 Å². The zero-order valence-electron chi connectivity index (χ0n) is 11.9. The lowest BCUT2D eigenvalue weighted by atomic mass is 10.2. The van der Waals surface area contributed by atoms with Gasteiger partial charge in [-0.05, 0) is 30.7 Å². The molecule has 1 aromatic carbocycles. The maximum atomic E-state index is 12.0. The van der Waals surface area contributed by atoms with Crippen molar-refractivity contribution < 1.29 is 17.9 Å². The van der Waals surface area contributed by atoms with Crippen LogP contribution >= 0.6 is 0 Å². The predicted molar refractivity (Wildman–Crippen MR) is 76.6 cm³/mol. The SMILES string of the molecule is CCCOc1ccc2c(ccn2CCNCC(F)(F)F)c1. The standard InChI is InChI=1S/C15H19F3N2O/c1-2-9-21-13-3-4-14-12(10-13)5-7-20(14)8-6-19-11-15(16,17)18/h3-5,7,10,19H,2,6,8-9,11H2,1H3. The molecule has 0 saturated carbocycles. The van der Waals surface area contributed by atoms with Crippen LogP contribution in [0.25, 0.3) is 10.9 Å². The van der Waals surface area contributed by atoms with Gasteiger partial charge in [-0.15, -0.1) is 0 Å². The molecule has 0 unspecified atom stereocenters. The Kier molecular flexibility index (Phi) is 5.12. The van der Waals surface area contributed by atoms with Gasteiger partial charge in [0, 0.05) is 30.2 Å². The summed E-state index contributed by atoms with van der Waals surface area (Å²) in [7, 11) is 0. The summed E-state index contributed by atoms with van der Waals surface area (Å²) in [5.41, 5.74) is 0.993. The van der Waals surface area contributed by atoms with Gasteiger partial charge in [0.1, 0.15) is 5.75 Å². The summed E-state index contributed by atoms with van der Waals surface area (Å²) in [6.45, 7) is 2.53. The van der Waals surface area contributed by atoms with Crippen molar-refractivity contribution in [1.82, 2.24) is 9.88 Å². The van der Waals surface area contributed by atoms with Gasteiger partial charge in [-0.1, -0.05) is 6.92 Å². The van der Waals surface area contributed by atoms with Gasteiger partial charge < -0.3 is 14.6 Å². The molecule has 1 heterocycles. The third-order valence-electron chi connectivity index (χ3n) is 3.07. The molecule has 1 aromatic heterocycles. The lowest BCUT2D eigenvalue weighted by Crippen LogP contribution is -2.31. The average molecular weight is 300 g/mol. The first-order chi connectivity index (χ1) is 9.99. The predicted octanol–water partition coefficient (Wildman–Crippen LogP) is 3.58. The Labute approximate surface area is 121 Å². The minimum Gasteiger partial charge on any atom is -0.494 e. The Balaban J connectivity index is 1.95. The van der Waals surface area contributed by atoms with Crippen LogP contribution in [0.15, 0.2) is 30.5 Å². The number of halogens is 3. The van der Waals surface area contributed by atoms with Crippen LogP contribution in [0.5, 0.6) is 5.75 Å². The Morgan fingerprint density at radius 3 is 2.76 bits per heavy atom. The molecule has 1 N–H and O–H groups in total. The van der Waals surface area contributed by atoms with E-state index in [0.29, 0.717) is 13.2 Å². The van der Waals surface area contributed by atoms with Crippen LogP contribution in [0.1, 0.15) is 13.3 Å². The van der Waals surface area contributed by atoms with Gasteiger partial charge >= 0.3 is 6.18 Å². The molecule has 21 heavy (non-hydrogen) atoms. The first-order valence-electron chi connectivity index (χ1n) is 6.99. The number of benzene rings is 1. The third kappa shape index (κ3) is 4.67.